The van der Waals surface area contributed by atoms with Crippen molar-refractivity contribution in [1.29, 1.82) is 0 Å². The van der Waals surface area contributed by atoms with Crippen LogP contribution in [-0.2, 0) is 19.6 Å². The first-order valence-electron chi connectivity index (χ1n) is 5.23. The van der Waals surface area contributed by atoms with Gasteiger partial charge >= 0.3 is 5.97 Å². The average molecular weight is 359 g/mol. The van der Waals surface area contributed by atoms with Crippen LogP contribution < -0.4 is 10.5 Å². The maximum absolute atomic E-state index is 13.5. The number of sulfonamides is 1. The Morgan fingerprint density at radius 3 is 2.43 bits per heavy atom. The molecule has 0 aliphatic rings. The number of aliphatic carboxylic acids is 1. The summed E-state index contributed by atoms with van der Waals surface area (Å²) in [6.07, 6.45) is -0.776. The summed E-state index contributed by atoms with van der Waals surface area (Å²) in [6, 6.07) is 0.0442. The topological polar surface area (TPSA) is 127 Å². The molecule has 116 valence electrons. The molecule has 0 spiro atoms. The van der Waals surface area contributed by atoms with Crippen LogP contribution in [0, 0.1) is 5.82 Å². The zero-order chi connectivity index (χ0) is 16.4. The molecule has 0 aliphatic carbocycles. The van der Waals surface area contributed by atoms with Crippen molar-refractivity contribution in [3.63, 3.8) is 0 Å². The summed E-state index contributed by atoms with van der Waals surface area (Å²) < 4.78 is 39.2. The first-order chi connectivity index (χ1) is 9.56. The highest BCUT2D eigenvalue weighted by molar-refractivity contribution is 7.89. The molecular formula is C10H9Cl2FN2O5S. The van der Waals surface area contributed by atoms with E-state index >= 15 is 0 Å². The van der Waals surface area contributed by atoms with Gasteiger partial charge in [-0.25, -0.2) is 12.8 Å². The first-order valence-corrected chi connectivity index (χ1v) is 7.47. The predicted molar refractivity (Wildman–Crippen MR) is 72.0 cm³/mol. The SMILES string of the molecule is NC(=O)CC(NS(=O)(=O)c1ccc(Cl)c(F)c1Cl)C(=O)O. The summed E-state index contributed by atoms with van der Waals surface area (Å²) >= 11 is 11.0. The fraction of sp³-hybridized carbons (Fsp3) is 0.200. The molecule has 21 heavy (non-hydrogen) atoms. The summed E-state index contributed by atoms with van der Waals surface area (Å²) in [4.78, 5) is 20.9. The molecule has 11 heteroatoms. The number of benzene rings is 1. The molecule has 0 bridgehead atoms. The summed E-state index contributed by atoms with van der Waals surface area (Å²) in [5, 5.41) is 7.65. The Labute approximate surface area is 128 Å². The summed E-state index contributed by atoms with van der Waals surface area (Å²) in [5.74, 6) is -3.82. The van der Waals surface area contributed by atoms with Crippen LogP contribution in [0.5, 0.6) is 0 Å². The number of carbonyl (C=O) groups excluding carboxylic acids is 1. The predicted octanol–water partition coefficient (Wildman–Crippen LogP) is 0.739. The summed E-state index contributed by atoms with van der Waals surface area (Å²) in [7, 11) is -4.49. The van der Waals surface area contributed by atoms with E-state index < -0.39 is 55.1 Å². The van der Waals surface area contributed by atoms with Crippen LogP contribution in [0.25, 0.3) is 0 Å². The molecule has 0 fully saturated rings. The van der Waals surface area contributed by atoms with Gasteiger partial charge in [0.05, 0.1) is 16.5 Å². The highest BCUT2D eigenvalue weighted by Crippen LogP contribution is 2.29. The molecule has 1 aromatic carbocycles. The van der Waals surface area contributed by atoms with E-state index in [2.05, 4.69) is 0 Å². The smallest absolute Gasteiger partial charge is 0.322 e. The Morgan fingerprint density at radius 1 is 1.38 bits per heavy atom. The van der Waals surface area contributed by atoms with Crippen LogP contribution in [0.4, 0.5) is 4.39 Å². The van der Waals surface area contributed by atoms with Gasteiger partial charge in [0.15, 0.2) is 5.82 Å². The van der Waals surface area contributed by atoms with Gasteiger partial charge in [0.2, 0.25) is 15.9 Å². The third kappa shape index (κ3) is 4.27. The largest absolute Gasteiger partial charge is 0.480 e. The number of nitrogens with two attached hydrogens (primary N) is 1. The molecule has 1 aromatic rings. The highest BCUT2D eigenvalue weighted by Gasteiger charge is 2.29. The minimum atomic E-state index is -4.49. The van der Waals surface area contributed by atoms with Gasteiger partial charge in [-0.15, -0.1) is 0 Å². The van der Waals surface area contributed by atoms with Crippen molar-refractivity contribution >= 4 is 45.1 Å². The summed E-state index contributed by atoms with van der Waals surface area (Å²) in [5.41, 5.74) is 4.82. The van der Waals surface area contributed by atoms with Crippen molar-refractivity contribution in [2.24, 2.45) is 5.73 Å². The molecular weight excluding hydrogens is 350 g/mol. The Morgan fingerprint density at radius 2 is 1.95 bits per heavy atom. The number of halogens is 3. The maximum Gasteiger partial charge on any atom is 0.322 e. The standard InChI is InChI=1S/C10H9Cl2FN2O5S/c11-4-1-2-6(8(12)9(4)13)21(19,20)15-5(10(17)18)3-7(14)16/h1-2,5,15H,3H2,(H2,14,16)(H,17,18). The molecule has 0 heterocycles. The van der Waals surface area contributed by atoms with Gasteiger partial charge in [0, 0.05) is 0 Å². The van der Waals surface area contributed by atoms with Crippen LogP contribution in [0.2, 0.25) is 10.0 Å². The van der Waals surface area contributed by atoms with E-state index in [1.807, 2.05) is 0 Å². The lowest BCUT2D eigenvalue weighted by molar-refractivity contribution is -0.140. The van der Waals surface area contributed by atoms with Gasteiger partial charge < -0.3 is 10.8 Å². The van der Waals surface area contributed by atoms with Gasteiger partial charge in [-0.3, -0.25) is 9.59 Å². The van der Waals surface area contributed by atoms with Crippen molar-refractivity contribution in [2.75, 3.05) is 0 Å². The first kappa shape index (κ1) is 17.6. The van der Waals surface area contributed by atoms with Crippen LogP contribution in [0.3, 0.4) is 0 Å². The van der Waals surface area contributed by atoms with E-state index in [4.69, 9.17) is 34.0 Å². The second-order valence-electron chi connectivity index (χ2n) is 3.86. The van der Waals surface area contributed by atoms with E-state index in [-0.39, 0.29) is 0 Å². The van der Waals surface area contributed by atoms with E-state index in [1.165, 1.54) is 0 Å². The molecule has 0 saturated carbocycles. The molecule has 4 N–H and O–H groups in total. The third-order valence-electron chi connectivity index (χ3n) is 2.29. The Balaban J connectivity index is 3.20. The highest BCUT2D eigenvalue weighted by atomic mass is 35.5. The van der Waals surface area contributed by atoms with E-state index in [0.29, 0.717) is 0 Å². The third-order valence-corrected chi connectivity index (χ3v) is 4.58. The van der Waals surface area contributed by atoms with Crippen molar-refractivity contribution in [1.82, 2.24) is 4.72 Å². The van der Waals surface area contributed by atoms with E-state index in [0.717, 1.165) is 12.1 Å². The lowest BCUT2D eigenvalue weighted by Crippen LogP contribution is -2.43. The number of hydrogen-bond acceptors (Lipinski definition) is 4. The zero-order valence-electron chi connectivity index (χ0n) is 10.1. The van der Waals surface area contributed by atoms with Gasteiger partial charge in [-0.1, -0.05) is 23.2 Å². The number of amides is 1. The van der Waals surface area contributed by atoms with Crippen molar-refractivity contribution < 1.29 is 27.5 Å². The number of rotatable bonds is 6. The second kappa shape index (κ2) is 6.56. The van der Waals surface area contributed by atoms with Gasteiger partial charge in [-0.05, 0) is 12.1 Å². The van der Waals surface area contributed by atoms with Gasteiger partial charge in [0.25, 0.3) is 0 Å². The van der Waals surface area contributed by atoms with Crippen molar-refractivity contribution in [3.8, 4) is 0 Å². The van der Waals surface area contributed by atoms with Gasteiger partial charge in [0.1, 0.15) is 10.9 Å². The molecule has 1 amide bonds. The molecule has 1 rings (SSSR count). The number of carboxylic acid groups (broad SMARTS) is 1. The van der Waals surface area contributed by atoms with Gasteiger partial charge in [-0.2, -0.15) is 4.72 Å². The Hall–Kier alpha value is -1.42. The average Bonchev–Trinajstić information content (AvgIpc) is 2.33. The molecule has 0 aromatic heterocycles. The van der Waals surface area contributed by atoms with Crippen LogP contribution in [0.15, 0.2) is 17.0 Å². The summed E-state index contributed by atoms with van der Waals surface area (Å²) in [6.45, 7) is 0. The van der Waals surface area contributed by atoms with Crippen molar-refractivity contribution in [2.45, 2.75) is 17.4 Å². The minimum absolute atomic E-state index is 0.397. The lowest BCUT2D eigenvalue weighted by Gasteiger charge is -2.14. The normalized spacial score (nSPS) is 12.9. The molecule has 1 atom stereocenters. The van der Waals surface area contributed by atoms with Crippen LogP contribution in [0.1, 0.15) is 6.42 Å². The fourth-order valence-corrected chi connectivity index (χ4v) is 3.28. The molecule has 0 radical (unpaired) electrons. The monoisotopic (exact) mass is 358 g/mol. The number of carbonyl (C=O) groups is 2. The quantitative estimate of drug-likeness (QED) is 0.646. The Bertz CT molecular complexity index is 695. The Kier molecular flexibility index (Phi) is 5.51. The molecule has 1 unspecified atom stereocenters. The molecule has 0 saturated heterocycles. The molecule has 0 aliphatic heterocycles. The second-order valence-corrected chi connectivity index (χ2v) is 6.32. The number of nitrogens with one attached hydrogen (secondary N) is 1. The van der Waals surface area contributed by atoms with Crippen molar-refractivity contribution in [3.05, 3.63) is 28.0 Å². The number of carboxylic acids is 1. The van der Waals surface area contributed by atoms with Crippen LogP contribution in [-0.4, -0.2) is 31.4 Å². The van der Waals surface area contributed by atoms with E-state index in [9.17, 15) is 22.4 Å². The van der Waals surface area contributed by atoms with Crippen LogP contribution >= 0.6 is 23.2 Å². The minimum Gasteiger partial charge on any atom is -0.480 e. The van der Waals surface area contributed by atoms with E-state index in [1.54, 1.807) is 4.72 Å². The fourth-order valence-electron chi connectivity index (χ4n) is 1.35. The molecule has 7 nitrogen and oxygen atoms in total. The lowest BCUT2D eigenvalue weighted by atomic mass is 10.2. The number of hydrogen-bond donors (Lipinski definition) is 3. The maximum atomic E-state index is 13.5. The number of primary amides is 1. The zero-order valence-corrected chi connectivity index (χ0v) is 12.5.